The first-order valence-electron chi connectivity index (χ1n) is 6.33. The topological polar surface area (TPSA) is 81.4 Å². The third-order valence-electron chi connectivity index (χ3n) is 2.68. The molecule has 0 aliphatic rings. The number of rotatable bonds is 5. The van der Waals surface area contributed by atoms with E-state index >= 15 is 0 Å². The number of anilines is 1. The van der Waals surface area contributed by atoms with Gasteiger partial charge in [-0.25, -0.2) is 0 Å². The number of amides is 1. The molecule has 2 rings (SSSR count). The first-order chi connectivity index (χ1) is 9.60. The number of nitrogens with two attached hydrogens (primary N) is 1. The van der Waals surface area contributed by atoms with Crippen LogP contribution in [0.5, 0.6) is 0 Å². The number of esters is 1. The minimum Gasteiger partial charge on any atom is -0.466 e. The average molecular weight is 292 g/mol. The van der Waals surface area contributed by atoms with Crippen LogP contribution in [0.3, 0.4) is 0 Å². The predicted octanol–water partition coefficient (Wildman–Crippen LogP) is 2.17. The molecule has 0 saturated heterocycles. The summed E-state index contributed by atoms with van der Waals surface area (Å²) in [4.78, 5) is 23.7. The molecule has 0 radical (unpaired) electrons. The third-order valence-corrected chi connectivity index (χ3v) is 3.80. The van der Waals surface area contributed by atoms with Crippen LogP contribution in [0, 0.1) is 0 Å². The van der Waals surface area contributed by atoms with Crippen LogP contribution in [-0.4, -0.2) is 25.0 Å². The molecule has 0 unspecified atom stereocenters. The summed E-state index contributed by atoms with van der Waals surface area (Å²) in [5.41, 5.74) is 6.37. The fraction of sp³-hybridized carbons (Fsp3) is 0.286. The fourth-order valence-electron chi connectivity index (χ4n) is 1.77. The monoisotopic (exact) mass is 292 g/mol. The van der Waals surface area contributed by atoms with E-state index in [-0.39, 0.29) is 24.8 Å². The molecule has 0 bridgehead atoms. The normalized spacial score (nSPS) is 10.4. The van der Waals surface area contributed by atoms with Crippen molar-refractivity contribution in [2.24, 2.45) is 0 Å². The van der Waals surface area contributed by atoms with E-state index < -0.39 is 0 Å². The maximum absolute atomic E-state index is 12.0. The quantitative estimate of drug-likeness (QED) is 0.653. The molecule has 5 nitrogen and oxygen atoms in total. The Morgan fingerprint density at radius 1 is 1.35 bits per heavy atom. The lowest BCUT2D eigenvalue weighted by Crippen LogP contribution is -2.25. The summed E-state index contributed by atoms with van der Waals surface area (Å²) < 4.78 is 5.80. The van der Waals surface area contributed by atoms with Crippen LogP contribution >= 0.6 is 11.3 Å². The highest BCUT2D eigenvalue weighted by Gasteiger charge is 2.11. The molecule has 0 aliphatic carbocycles. The zero-order valence-corrected chi connectivity index (χ0v) is 12.0. The number of nitrogens with one attached hydrogen (secondary N) is 1. The Balaban J connectivity index is 1.95. The molecule has 2 aromatic rings. The van der Waals surface area contributed by atoms with Gasteiger partial charge >= 0.3 is 5.97 Å². The van der Waals surface area contributed by atoms with Gasteiger partial charge in [-0.15, -0.1) is 11.3 Å². The Morgan fingerprint density at radius 2 is 2.15 bits per heavy atom. The van der Waals surface area contributed by atoms with Crippen LogP contribution in [0.2, 0.25) is 0 Å². The first kappa shape index (κ1) is 14.3. The molecule has 0 spiro atoms. The van der Waals surface area contributed by atoms with Crippen molar-refractivity contribution in [3.63, 3.8) is 0 Å². The summed E-state index contributed by atoms with van der Waals surface area (Å²) in [6, 6.07) is 7.34. The Kier molecular flexibility index (Phi) is 4.57. The minimum absolute atomic E-state index is 0.178. The van der Waals surface area contributed by atoms with E-state index in [1.807, 2.05) is 12.1 Å². The van der Waals surface area contributed by atoms with Gasteiger partial charge in [0, 0.05) is 16.9 Å². The van der Waals surface area contributed by atoms with E-state index in [9.17, 15) is 9.59 Å². The van der Waals surface area contributed by atoms with Gasteiger partial charge < -0.3 is 15.8 Å². The number of hydrogen-bond donors (Lipinski definition) is 2. The summed E-state index contributed by atoms with van der Waals surface area (Å²) in [5, 5.41) is 3.65. The van der Waals surface area contributed by atoms with Crippen molar-refractivity contribution in [2.75, 3.05) is 18.9 Å². The molecule has 1 aromatic heterocycles. The Morgan fingerprint density at radius 3 is 2.90 bits per heavy atom. The van der Waals surface area contributed by atoms with Crippen LogP contribution < -0.4 is 11.1 Å². The summed E-state index contributed by atoms with van der Waals surface area (Å²) in [6.45, 7) is 2.37. The molecule has 0 saturated carbocycles. The fourth-order valence-corrected chi connectivity index (χ4v) is 2.73. The van der Waals surface area contributed by atoms with Gasteiger partial charge in [0.25, 0.3) is 5.91 Å². The van der Waals surface area contributed by atoms with Gasteiger partial charge in [0.2, 0.25) is 0 Å². The van der Waals surface area contributed by atoms with Crippen LogP contribution in [0.4, 0.5) is 5.69 Å². The molecule has 1 heterocycles. The van der Waals surface area contributed by atoms with E-state index in [1.165, 1.54) is 11.3 Å². The van der Waals surface area contributed by atoms with Crippen molar-refractivity contribution in [3.8, 4) is 0 Å². The van der Waals surface area contributed by atoms with Crippen LogP contribution in [-0.2, 0) is 9.53 Å². The highest BCUT2D eigenvalue weighted by atomic mass is 32.1. The number of benzene rings is 1. The summed E-state index contributed by atoms with van der Waals surface area (Å²) >= 11 is 1.40. The van der Waals surface area contributed by atoms with Crippen LogP contribution in [0.25, 0.3) is 10.1 Å². The molecule has 106 valence electrons. The number of carbonyl (C=O) groups is 2. The third kappa shape index (κ3) is 3.48. The lowest BCUT2D eigenvalue weighted by Gasteiger charge is -2.03. The van der Waals surface area contributed by atoms with E-state index in [2.05, 4.69) is 5.32 Å². The van der Waals surface area contributed by atoms with Crippen molar-refractivity contribution in [1.82, 2.24) is 5.32 Å². The summed E-state index contributed by atoms with van der Waals surface area (Å²) in [7, 11) is 0. The molecule has 1 amide bonds. The van der Waals surface area contributed by atoms with Crippen LogP contribution in [0.1, 0.15) is 23.0 Å². The van der Waals surface area contributed by atoms with Crippen molar-refractivity contribution < 1.29 is 14.3 Å². The van der Waals surface area contributed by atoms with Gasteiger partial charge in [-0.05, 0) is 36.6 Å². The summed E-state index contributed by atoms with van der Waals surface area (Å²) in [6.07, 6.45) is 0.178. The van der Waals surface area contributed by atoms with Gasteiger partial charge in [0.05, 0.1) is 17.9 Å². The Bertz CT molecular complexity index is 636. The average Bonchev–Trinajstić information content (AvgIpc) is 2.82. The maximum Gasteiger partial charge on any atom is 0.307 e. The predicted molar refractivity (Wildman–Crippen MR) is 79.8 cm³/mol. The second-order valence-corrected chi connectivity index (χ2v) is 5.30. The van der Waals surface area contributed by atoms with E-state index in [0.29, 0.717) is 17.2 Å². The lowest BCUT2D eigenvalue weighted by atomic mass is 10.2. The zero-order chi connectivity index (χ0) is 14.5. The molecular formula is C14H16N2O3S. The highest BCUT2D eigenvalue weighted by molar-refractivity contribution is 7.20. The number of carbonyl (C=O) groups excluding carboxylic acids is 2. The zero-order valence-electron chi connectivity index (χ0n) is 11.1. The second kappa shape index (κ2) is 6.38. The molecule has 6 heteroatoms. The maximum atomic E-state index is 12.0. The smallest absolute Gasteiger partial charge is 0.307 e. The van der Waals surface area contributed by atoms with E-state index in [1.54, 1.807) is 19.1 Å². The molecule has 1 aromatic carbocycles. The number of fused-ring (bicyclic) bond motifs is 1. The van der Waals surface area contributed by atoms with Gasteiger partial charge in [0.15, 0.2) is 0 Å². The van der Waals surface area contributed by atoms with Crippen molar-refractivity contribution in [3.05, 3.63) is 29.1 Å². The SMILES string of the molecule is CCOC(=O)CCNC(=O)c1cc2cc(N)ccc2s1. The largest absolute Gasteiger partial charge is 0.466 e. The molecule has 0 fully saturated rings. The van der Waals surface area contributed by atoms with E-state index in [4.69, 9.17) is 10.5 Å². The summed E-state index contributed by atoms with van der Waals surface area (Å²) in [5.74, 6) is -0.494. The first-order valence-corrected chi connectivity index (χ1v) is 7.14. The van der Waals surface area contributed by atoms with Gasteiger partial charge in [-0.2, -0.15) is 0 Å². The Hall–Kier alpha value is -2.08. The Labute approximate surface area is 120 Å². The molecular weight excluding hydrogens is 276 g/mol. The second-order valence-electron chi connectivity index (χ2n) is 4.22. The van der Waals surface area contributed by atoms with Gasteiger partial charge in [0.1, 0.15) is 0 Å². The molecule has 20 heavy (non-hydrogen) atoms. The minimum atomic E-state index is -0.308. The van der Waals surface area contributed by atoms with Crippen molar-refractivity contribution >= 4 is 39.0 Å². The number of nitrogen functional groups attached to an aromatic ring is 1. The number of thiophene rings is 1. The van der Waals surface area contributed by atoms with Crippen LogP contribution in [0.15, 0.2) is 24.3 Å². The molecule has 3 N–H and O–H groups in total. The lowest BCUT2D eigenvalue weighted by molar-refractivity contribution is -0.142. The van der Waals surface area contributed by atoms with Gasteiger partial charge in [-0.1, -0.05) is 0 Å². The standard InChI is InChI=1S/C14H16N2O3S/c1-2-19-13(17)5-6-16-14(18)12-8-9-7-10(15)3-4-11(9)20-12/h3-4,7-8H,2,5-6,15H2,1H3,(H,16,18). The highest BCUT2D eigenvalue weighted by Crippen LogP contribution is 2.27. The van der Waals surface area contributed by atoms with E-state index in [0.717, 1.165) is 10.1 Å². The van der Waals surface area contributed by atoms with Gasteiger partial charge in [-0.3, -0.25) is 9.59 Å². The number of ether oxygens (including phenoxy) is 1. The molecule has 0 aliphatic heterocycles. The van der Waals surface area contributed by atoms with Crippen molar-refractivity contribution in [1.29, 1.82) is 0 Å². The number of hydrogen-bond acceptors (Lipinski definition) is 5. The van der Waals surface area contributed by atoms with Crippen molar-refractivity contribution in [2.45, 2.75) is 13.3 Å². The molecule has 0 atom stereocenters.